The molecule has 6 heteroatoms. The van der Waals surface area contributed by atoms with Crippen LogP contribution in [0.25, 0.3) is 0 Å². The van der Waals surface area contributed by atoms with Crippen molar-refractivity contribution in [2.24, 2.45) is 0 Å². The lowest BCUT2D eigenvalue weighted by atomic mass is 10.2. The summed E-state index contributed by atoms with van der Waals surface area (Å²) in [5.41, 5.74) is 1.14. The minimum absolute atomic E-state index is 0.664. The normalized spacial score (nSPS) is 10.3. The average molecular weight is 311 g/mol. The zero-order valence-corrected chi connectivity index (χ0v) is 11.7. The lowest BCUT2D eigenvalue weighted by molar-refractivity contribution is 0.315. The zero-order valence-electron chi connectivity index (χ0n) is 10.1. The summed E-state index contributed by atoms with van der Waals surface area (Å²) < 4.78 is 6.56. The number of benzene rings is 1. The van der Waals surface area contributed by atoms with Gasteiger partial charge in [0.1, 0.15) is 12.1 Å². The number of aromatic nitrogens is 3. The van der Waals surface area contributed by atoms with Crippen LogP contribution in [0.1, 0.15) is 18.9 Å². The van der Waals surface area contributed by atoms with Crippen molar-refractivity contribution in [3.63, 3.8) is 0 Å². The Morgan fingerprint density at radius 2 is 2.33 bits per heavy atom. The van der Waals surface area contributed by atoms with Gasteiger partial charge in [-0.1, -0.05) is 13.0 Å². The second kappa shape index (κ2) is 6.39. The topological polar surface area (TPSA) is 62.8 Å². The minimum atomic E-state index is 0.664. The molecule has 0 aliphatic rings. The van der Waals surface area contributed by atoms with Crippen molar-refractivity contribution >= 4 is 21.9 Å². The Morgan fingerprint density at radius 1 is 1.44 bits per heavy atom. The lowest BCUT2D eigenvalue weighted by Crippen LogP contribution is -2.02. The van der Waals surface area contributed by atoms with Crippen LogP contribution in [-0.4, -0.2) is 21.8 Å². The molecule has 0 bridgehead atoms. The number of hydrogen-bond donors (Lipinski definition) is 2. The molecule has 0 saturated heterocycles. The van der Waals surface area contributed by atoms with Gasteiger partial charge >= 0.3 is 0 Å². The molecule has 5 nitrogen and oxygen atoms in total. The minimum Gasteiger partial charge on any atom is -0.492 e. The SMILES string of the molecule is CCCOc1ccc(CNc2ncn[nH]2)cc1Br. The molecule has 2 rings (SSSR count). The van der Waals surface area contributed by atoms with Crippen LogP contribution in [-0.2, 0) is 6.54 Å². The van der Waals surface area contributed by atoms with E-state index in [4.69, 9.17) is 4.74 Å². The molecule has 0 fully saturated rings. The number of hydrogen-bond acceptors (Lipinski definition) is 4. The van der Waals surface area contributed by atoms with Crippen molar-refractivity contribution in [2.45, 2.75) is 19.9 Å². The van der Waals surface area contributed by atoms with E-state index in [0.29, 0.717) is 12.5 Å². The van der Waals surface area contributed by atoms with E-state index in [1.165, 1.54) is 6.33 Å². The molecule has 0 spiro atoms. The smallest absolute Gasteiger partial charge is 0.218 e. The summed E-state index contributed by atoms with van der Waals surface area (Å²) in [7, 11) is 0. The van der Waals surface area contributed by atoms with Crippen LogP contribution in [0.3, 0.4) is 0 Å². The second-order valence-corrected chi connectivity index (χ2v) is 4.66. The van der Waals surface area contributed by atoms with E-state index in [9.17, 15) is 0 Å². The molecule has 1 aromatic heterocycles. The van der Waals surface area contributed by atoms with Crippen LogP contribution < -0.4 is 10.1 Å². The maximum atomic E-state index is 5.60. The van der Waals surface area contributed by atoms with E-state index in [2.05, 4.69) is 43.4 Å². The van der Waals surface area contributed by atoms with E-state index in [0.717, 1.165) is 28.8 Å². The maximum Gasteiger partial charge on any atom is 0.218 e. The molecule has 0 unspecified atom stereocenters. The van der Waals surface area contributed by atoms with Crippen LogP contribution in [0.15, 0.2) is 29.0 Å². The van der Waals surface area contributed by atoms with Crippen molar-refractivity contribution in [3.05, 3.63) is 34.6 Å². The van der Waals surface area contributed by atoms with Gasteiger partial charge in [0.25, 0.3) is 0 Å². The Hall–Kier alpha value is -1.56. The number of rotatable bonds is 6. The largest absolute Gasteiger partial charge is 0.492 e. The molecule has 0 aliphatic carbocycles. The van der Waals surface area contributed by atoms with Crippen molar-refractivity contribution in [1.82, 2.24) is 15.2 Å². The van der Waals surface area contributed by atoms with E-state index >= 15 is 0 Å². The number of nitrogens with zero attached hydrogens (tertiary/aromatic N) is 2. The highest BCUT2D eigenvalue weighted by Crippen LogP contribution is 2.26. The zero-order chi connectivity index (χ0) is 12.8. The van der Waals surface area contributed by atoms with Gasteiger partial charge in [0.15, 0.2) is 0 Å². The Morgan fingerprint density at radius 3 is 3.00 bits per heavy atom. The molecule has 0 atom stereocenters. The van der Waals surface area contributed by atoms with Crippen molar-refractivity contribution in [1.29, 1.82) is 0 Å². The highest BCUT2D eigenvalue weighted by molar-refractivity contribution is 9.10. The van der Waals surface area contributed by atoms with Crippen LogP contribution in [0, 0.1) is 0 Å². The molecule has 0 amide bonds. The summed E-state index contributed by atoms with van der Waals surface area (Å²) in [5.74, 6) is 1.54. The summed E-state index contributed by atoms with van der Waals surface area (Å²) in [6, 6.07) is 6.03. The van der Waals surface area contributed by atoms with Crippen molar-refractivity contribution < 1.29 is 4.74 Å². The third-order valence-corrected chi connectivity index (χ3v) is 2.95. The molecule has 96 valence electrons. The molecule has 0 saturated carbocycles. The first-order valence-electron chi connectivity index (χ1n) is 5.80. The maximum absolute atomic E-state index is 5.60. The van der Waals surface area contributed by atoms with Crippen molar-refractivity contribution in [2.75, 3.05) is 11.9 Å². The monoisotopic (exact) mass is 310 g/mol. The average Bonchev–Trinajstić information content (AvgIpc) is 2.88. The Balaban J connectivity index is 1.95. The molecular formula is C12H15BrN4O. The van der Waals surface area contributed by atoms with Crippen LogP contribution in [0.4, 0.5) is 5.95 Å². The van der Waals surface area contributed by atoms with E-state index < -0.39 is 0 Å². The van der Waals surface area contributed by atoms with Crippen LogP contribution in [0.5, 0.6) is 5.75 Å². The Kier molecular flexibility index (Phi) is 4.58. The van der Waals surface area contributed by atoms with Gasteiger partial charge in [-0.3, -0.25) is 0 Å². The third-order valence-electron chi connectivity index (χ3n) is 2.33. The predicted octanol–water partition coefficient (Wildman–Crippen LogP) is 2.97. The van der Waals surface area contributed by atoms with E-state index in [-0.39, 0.29) is 0 Å². The number of H-pyrrole nitrogens is 1. The summed E-state index contributed by atoms with van der Waals surface area (Å²) in [5, 5.41) is 9.66. The van der Waals surface area contributed by atoms with E-state index in [1.807, 2.05) is 18.2 Å². The summed E-state index contributed by atoms with van der Waals surface area (Å²) in [6.45, 7) is 3.50. The van der Waals surface area contributed by atoms with Gasteiger partial charge in [0.05, 0.1) is 11.1 Å². The lowest BCUT2D eigenvalue weighted by Gasteiger charge is -2.09. The van der Waals surface area contributed by atoms with Gasteiger partial charge in [-0.15, -0.1) is 0 Å². The molecule has 0 aliphatic heterocycles. The fraction of sp³-hybridized carbons (Fsp3) is 0.333. The summed E-state index contributed by atoms with van der Waals surface area (Å²) in [6.07, 6.45) is 2.47. The number of ether oxygens (including phenoxy) is 1. The van der Waals surface area contributed by atoms with E-state index in [1.54, 1.807) is 0 Å². The molecule has 0 radical (unpaired) electrons. The fourth-order valence-electron chi connectivity index (χ4n) is 1.46. The Labute approximate surface area is 114 Å². The molecule has 2 aromatic rings. The highest BCUT2D eigenvalue weighted by atomic mass is 79.9. The third kappa shape index (κ3) is 3.46. The van der Waals surface area contributed by atoms with Gasteiger partial charge in [-0.05, 0) is 40.0 Å². The van der Waals surface area contributed by atoms with Crippen molar-refractivity contribution in [3.8, 4) is 5.75 Å². The number of halogens is 1. The molecule has 18 heavy (non-hydrogen) atoms. The van der Waals surface area contributed by atoms with Crippen LogP contribution in [0.2, 0.25) is 0 Å². The second-order valence-electron chi connectivity index (χ2n) is 3.80. The van der Waals surface area contributed by atoms with Crippen LogP contribution >= 0.6 is 15.9 Å². The molecule has 1 heterocycles. The first-order valence-corrected chi connectivity index (χ1v) is 6.59. The van der Waals surface area contributed by atoms with Gasteiger partial charge in [0.2, 0.25) is 5.95 Å². The number of anilines is 1. The van der Waals surface area contributed by atoms with Gasteiger partial charge < -0.3 is 10.1 Å². The molecule has 1 aromatic carbocycles. The predicted molar refractivity (Wildman–Crippen MR) is 73.6 cm³/mol. The summed E-state index contributed by atoms with van der Waals surface area (Å²) >= 11 is 3.51. The summed E-state index contributed by atoms with van der Waals surface area (Å²) in [4.78, 5) is 4.00. The number of aromatic amines is 1. The fourth-order valence-corrected chi connectivity index (χ4v) is 2.00. The Bertz CT molecular complexity index is 487. The molecular weight excluding hydrogens is 296 g/mol. The first kappa shape index (κ1) is 12.9. The number of nitrogens with one attached hydrogen (secondary N) is 2. The quantitative estimate of drug-likeness (QED) is 0.861. The standard InChI is InChI=1S/C12H15BrN4O/c1-2-5-18-11-4-3-9(6-10(11)13)7-14-12-15-8-16-17-12/h3-4,6,8H,2,5,7H2,1H3,(H2,14,15,16,17). The van der Waals surface area contributed by atoms with Gasteiger partial charge in [0, 0.05) is 6.54 Å². The van der Waals surface area contributed by atoms with Gasteiger partial charge in [-0.2, -0.15) is 5.10 Å². The highest BCUT2D eigenvalue weighted by Gasteiger charge is 2.03. The molecule has 2 N–H and O–H groups in total. The first-order chi connectivity index (χ1) is 8.79. The van der Waals surface area contributed by atoms with Gasteiger partial charge in [-0.25, -0.2) is 10.1 Å².